The monoisotopic (exact) mass is 423 g/mol. The number of rotatable bonds is 4. The maximum atomic E-state index is 13.4. The van der Waals surface area contributed by atoms with Gasteiger partial charge in [-0.25, -0.2) is 4.98 Å². The first-order valence-corrected chi connectivity index (χ1v) is 10.3. The Labute approximate surface area is 169 Å². The highest BCUT2D eigenvalue weighted by Gasteiger charge is 2.36. The molecule has 0 unspecified atom stereocenters. The predicted molar refractivity (Wildman–Crippen MR) is 102 cm³/mol. The lowest BCUT2D eigenvalue weighted by Crippen LogP contribution is -2.41. The standard InChI is InChI=1S/C19H20F3N5OS/c1-12(9-14-3-2-8-29-14)17(28)26-6-4-13(5-7-26)15-10-16(19(20,21)22)27-18(25-15)23-11-24-27/h2-3,8,10-13H,4-7,9H2,1H3/t12-/m0/s1. The summed E-state index contributed by atoms with van der Waals surface area (Å²) in [4.78, 5) is 23.8. The van der Waals surface area contributed by atoms with E-state index in [9.17, 15) is 18.0 Å². The minimum atomic E-state index is -4.54. The SMILES string of the molecule is C[C@@H](Cc1cccs1)C(=O)N1CCC(c2cc(C(F)(F)F)n3ncnc3n2)CC1. The minimum Gasteiger partial charge on any atom is -0.342 e. The molecule has 3 aromatic rings. The van der Waals surface area contributed by atoms with Gasteiger partial charge in [0, 0.05) is 35.5 Å². The number of carbonyl (C=O) groups excluding carboxylic acids is 1. The van der Waals surface area contributed by atoms with Crippen LogP contribution in [0.5, 0.6) is 0 Å². The number of thiophene rings is 1. The smallest absolute Gasteiger partial charge is 0.342 e. The van der Waals surface area contributed by atoms with E-state index in [0.717, 1.165) is 12.4 Å². The van der Waals surface area contributed by atoms with Crippen molar-refractivity contribution in [2.24, 2.45) is 5.92 Å². The van der Waals surface area contributed by atoms with Gasteiger partial charge < -0.3 is 4.90 Å². The van der Waals surface area contributed by atoms with Crippen molar-refractivity contribution in [3.05, 3.63) is 46.2 Å². The highest BCUT2D eigenvalue weighted by Crippen LogP contribution is 2.33. The van der Waals surface area contributed by atoms with Crippen LogP contribution in [0.4, 0.5) is 13.2 Å². The van der Waals surface area contributed by atoms with Gasteiger partial charge in [-0.1, -0.05) is 13.0 Å². The Morgan fingerprint density at radius 2 is 2.10 bits per heavy atom. The molecule has 1 saturated heterocycles. The van der Waals surface area contributed by atoms with Crippen LogP contribution in [0.1, 0.15) is 41.9 Å². The Kier molecular flexibility index (Phi) is 5.28. The first-order chi connectivity index (χ1) is 13.8. The molecular weight excluding hydrogens is 403 g/mol. The molecule has 0 aliphatic carbocycles. The second kappa shape index (κ2) is 7.74. The normalized spacial score (nSPS) is 17.0. The van der Waals surface area contributed by atoms with E-state index in [-0.39, 0.29) is 23.5 Å². The van der Waals surface area contributed by atoms with E-state index in [4.69, 9.17) is 0 Å². The average molecular weight is 423 g/mol. The molecule has 0 saturated carbocycles. The zero-order valence-corrected chi connectivity index (χ0v) is 16.6. The number of hydrogen-bond acceptors (Lipinski definition) is 5. The number of fused-ring (bicyclic) bond motifs is 1. The van der Waals surface area contributed by atoms with Crippen LogP contribution in [-0.4, -0.2) is 43.5 Å². The molecule has 1 fully saturated rings. The molecule has 1 atom stereocenters. The highest BCUT2D eigenvalue weighted by atomic mass is 32.1. The van der Waals surface area contributed by atoms with E-state index >= 15 is 0 Å². The lowest BCUT2D eigenvalue weighted by Gasteiger charge is -2.33. The number of nitrogens with zero attached hydrogens (tertiary/aromatic N) is 5. The number of amides is 1. The van der Waals surface area contributed by atoms with Crippen LogP contribution in [0.2, 0.25) is 0 Å². The van der Waals surface area contributed by atoms with Gasteiger partial charge in [0.25, 0.3) is 5.78 Å². The van der Waals surface area contributed by atoms with Gasteiger partial charge in [0.15, 0.2) is 5.69 Å². The summed E-state index contributed by atoms with van der Waals surface area (Å²) in [5.41, 5.74) is -0.519. The maximum absolute atomic E-state index is 13.4. The zero-order valence-electron chi connectivity index (χ0n) is 15.8. The number of carbonyl (C=O) groups is 1. The molecule has 0 N–H and O–H groups in total. The van der Waals surface area contributed by atoms with Crippen LogP contribution < -0.4 is 0 Å². The van der Waals surface area contributed by atoms with Crippen molar-refractivity contribution in [3.8, 4) is 0 Å². The molecule has 3 aromatic heterocycles. The largest absolute Gasteiger partial charge is 0.433 e. The van der Waals surface area contributed by atoms with E-state index in [0.29, 0.717) is 42.6 Å². The second-order valence-electron chi connectivity index (χ2n) is 7.32. The summed E-state index contributed by atoms with van der Waals surface area (Å²) in [5, 5.41) is 5.62. The summed E-state index contributed by atoms with van der Waals surface area (Å²) in [6.45, 7) is 2.95. The van der Waals surface area contributed by atoms with Crippen molar-refractivity contribution in [2.75, 3.05) is 13.1 Å². The van der Waals surface area contributed by atoms with Crippen LogP contribution in [-0.2, 0) is 17.4 Å². The fourth-order valence-corrected chi connectivity index (χ4v) is 4.60. The Bertz CT molecular complexity index is 993. The van der Waals surface area contributed by atoms with Crippen molar-refractivity contribution in [1.82, 2.24) is 24.5 Å². The molecule has 6 nitrogen and oxygen atoms in total. The average Bonchev–Trinajstić information content (AvgIpc) is 3.37. The quantitative estimate of drug-likeness (QED) is 0.641. The Hall–Kier alpha value is -2.49. The van der Waals surface area contributed by atoms with E-state index in [1.54, 1.807) is 11.3 Å². The molecule has 0 bridgehead atoms. The number of halogens is 3. The van der Waals surface area contributed by atoms with Crippen molar-refractivity contribution < 1.29 is 18.0 Å². The van der Waals surface area contributed by atoms with E-state index in [1.807, 2.05) is 29.3 Å². The Morgan fingerprint density at radius 3 is 2.76 bits per heavy atom. The molecule has 1 aliphatic heterocycles. The van der Waals surface area contributed by atoms with Gasteiger partial charge in [0.05, 0.1) is 0 Å². The van der Waals surface area contributed by atoms with Gasteiger partial charge in [-0.3, -0.25) is 4.79 Å². The maximum Gasteiger partial charge on any atom is 0.433 e. The summed E-state index contributed by atoms with van der Waals surface area (Å²) in [7, 11) is 0. The second-order valence-corrected chi connectivity index (χ2v) is 8.35. The van der Waals surface area contributed by atoms with Gasteiger partial charge in [-0.2, -0.15) is 27.8 Å². The predicted octanol–water partition coefficient (Wildman–Crippen LogP) is 3.79. The van der Waals surface area contributed by atoms with Crippen LogP contribution in [0.3, 0.4) is 0 Å². The third-order valence-electron chi connectivity index (χ3n) is 5.30. The Morgan fingerprint density at radius 1 is 1.34 bits per heavy atom. The third-order valence-corrected chi connectivity index (χ3v) is 6.19. The topological polar surface area (TPSA) is 63.4 Å². The first kappa shape index (κ1) is 19.8. The number of piperidine rings is 1. The molecule has 0 radical (unpaired) electrons. The summed E-state index contributed by atoms with van der Waals surface area (Å²) >= 11 is 1.63. The lowest BCUT2D eigenvalue weighted by atomic mass is 9.92. The van der Waals surface area contributed by atoms with Crippen molar-refractivity contribution in [3.63, 3.8) is 0 Å². The number of alkyl halides is 3. The van der Waals surface area contributed by atoms with Crippen molar-refractivity contribution in [2.45, 2.75) is 38.3 Å². The summed E-state index contributed by atoms with van der Waals surface area (Å²) in [6.07, 6.45) is -1.62. The molecule has 0 aromatic carbocycles. The number of aromatic nitrogens is 4. The highest BCUT2D eigenvalue weighted by molar-refractivity contribution is 7.09. The molecule has 4 rings (SSSR count). The van der Waals surface area contributed by atoms with Crippen molar-refractivity contribution in [1.29, 1.82) is 0 Å². The minimum absolute atomic E-state index is 0.0575. The summed E-state index contributed by atoms with van der Waals surface area (Å²) in [5.74, 6) is -0.228. The molecule has 0 spiro atoms. The van der Waals surface area contributed by atoms with Crippen LogP contribution in [0.25, 0.3) is 5.78 Å². The molecular formula is C19H20F3N5OS. The number of hydrogen-bond donors (Lipinski definition) is 0. The molecule has 29 heavy (non-hydrogen) atoms. The fourth-order valence-electron chi connectivity index (χ4n) is 3.77. The summed E-state index contributed by atoms with van der Waals surface area (Å²) in [6, 6.07) is 5.05. The molecule has 1 amide bonds. The molecule has 4 heterocycles. The van der Waals surface area contributed by atoms with Gasteiger partial charge >= 0.3 is 6.18 Å². The fraction of sp³-hybridized carbons (Fsp3) is 0.474. The lowest BCUT2D eigenvalue weighted by molar-refractivity contribution is -0.142. The van der Waals surface area contributed by atoms with Crippen LogP contribution in [0.15, 0.2) is 29.9 Å². The van der Waals surface area contributed by atoms with Crippen LogP contribution >= 0.6 is 11.3 Å². The van der Waals surface area contributed by atoms with Gasteiger partial charge in [0.1, 0.15) is 6.33 Å². The molecule has 1 aliphatic rings. The van der Waals surface area contributed by atoms with Gasteiger partial charge in [-0.15, -0.1) is 11.3 Å². The molecule has 154 valence electrons. The van der Waals surface area contributed by atoms with E-state index in [1.165, 1.54) is 4.88 Å². The van der Waals surface area contributed by atoms with E-state index in [2.05, 4.69) is 15.1 Å². The third kappa shape index (κ3) is 4.12. The number of likely N-dealkylation sites (tertiary alicyclic amines) is 1. The van der Waals surface area contributed by atoms with Crippen LogP contribution in [0, 0.1) is 5.92 Å². The van der Waals surface area contributed by atoms with Crippen molar-refractivity contribution >= 4 is 23.0 Å². The summed E-state index contributed by atoms with van der Waals surface area (Å²) < 4.78 is 40.9. The first-order valence-electron chi connectivity index (χ1n) is 9.42. The van der Waals surface area contributed by atoms with Gasteiger partial charge in [-0.05, 0) is 36.8 Å². The van der Waals surface area contributed by atoms with Gasteiger partial charge in [0.2, 0.25) is 5.91 Å². The zero-order chi connectivity index (χ0) is 20.6. The molecule has 10 heteroatoms. The van der Waals surface area contributed by atoms with E-state index < -0.39 is 11.9 Å². The Balaban J connectivity index is 1.45.